The summed E-state index contributed by atoms with van der Waals surface area (Å²) < 4.78 is 32.1. The number of phosphoric acid groups is 1. The third-order valence-electron chi connectivity index (χ3n) is 11.6. The van der Waals surface area contributed by atoms with Gasteiger partial charge in [0.15, 0.2) is 6.10 Å². The predicted molar refractivity (Wildman–Crippen MR) is 244 cm³/mol. The van der Waals surface area contributed by atoms with Crippen LogP contribution < -0.4 is 0 Å². The molecule has 0 bridgehead atoms. The third-order valence-corrected chi connectivity index (χ3v) is 12.5. The second kappa shape index (κ2) is 45.6. The number of phosphoric ester groups is 1. The smallest absolute Gasteiger partial charge is 0.462 e. The van der Waals surface area contributed by atoms with Crippen LogP contribution in [-0.4, -0.2) is 43.3 Å². The molecule has 0 aromatic carbocycles. The Labute approximate surface area is 359 Å². The Bertz CT molecular complexity index is 915. The van der Waals surface area contributed by atoms with E-state index in [0.717, 1.165) is 45.6 Å². The van der Waals surface area contributed by atoms with Crippen molar-refractivity contribution in [2.24, 2.45) is 0 Å². The maximum absolute atomic E-state index is 12.6. The minimum atomic E-state index is -4.26. The summed E-state index contributed by atoms with van der Waals surface area (Å²) in [7, 11) is -3.19. The van der Waals surface area contributed by atoms with Gasteiger partial charge in [-0.15, -0.1) is 0 Å². The average Bonchev–Trinajstić information content (AvgIpc) is 3.21. The molecule has 0 saturated carbocycles. The van der Waals surface area contributed by atoms with Crippen LogP contribution in [-0.2, 0) is 32.7 Å². The highest BCUT2D eigenvalue weighted by Gasteiger charge is 2.24. The summed E-state index contributed by atoms with van der Waals surface area (Å²) in [5, 5.41) is 0. The minimum absolute atomic E-state index is 0.216. The number of rotatable bonds is 48. The van der Waals surface area contributed by atoms with Crippen LogP contribution in [0.15, 0.2) is 0 Å². The quantitative estimate of drug-likeness (QED) is 0.0366. The van der Waals surface area contributed by atoms with Gasteiger partial charge in [-0.3, -0.25) is 18.6 Å². The van der Waals surface area contributed by atoms with E-state index in [0.29, 0.717) is 6.42 Å². The maximum atomic E-state index is 12.6. The summed E-state index contributed by atoms with van der Waals surface area (Å²) in [6.45, 7) is 3.95. The number of esters is 2. The van der Waals surface area contributed by atoms with Gasteiger partial charge in [-0.1, -0.05) is 251 Å². The van der Waals surface area contributed by atoms with E-state index < -0.39 is 19.9 Å². The highest BCUT2D eigenvalue weighted by Crippen LogP contribution is 2.42. The standard InChI is InChI=1S/C49H97O8P/c1-4-6-8-10-12-14-16-18-20-22-24-26-28-30-32-34-36-38-40-42-44-49(51)57-47(46-56-58(52,53)54-3)45-55-48(50)43-41-39-37-35-33-31-29-27-25-23-21-19-17-15-13-11-9-7-5-2/h47H,4-46H2,1-3H3,(H,52,53). The fourth-order valence-corrected chi connectivity index (χ4v) is 8.18. The van der Waals surface area contributed by atoms with Gasteiger partial charge in [0.2, 0.25) is 0 Å². The van der Waals surface area contributed by atoms with Crippen LogP contribution in [0, 0.1) is 0 Å². The molecule has 2 atom stereocenters. The Hall–Kier alpha value is -0.950. The Kier molecular flexibility index (Phi) is 44.8. The first kappa shape index (κ1) is 57.1. The van der Waals surface area contributed by atoms with Gasteiger partial charge in [-0.2, -0.15) is 0 Å². The third kappa shape index (κ3) is 44.6. The molecule has 0 saturated heterocycles. The molecule has 2 unspecified atom stereocenters. The van der Waals surface area contributed by atoms with E-state index in [2.05, 4.69) is 18.4 Å². The second-order valence-corrected chi connectivity index (χ2v) is 18.9. The van der Waals surface area contributed by atoms with Crippen LogP contribution in [0.5, 0.6) is 0 Å². The lowest BCUT2D eigenvalue weighted by molar-refractivity contribution is -0.161. The molecule has 0 aliphatic rings. The number of carbonyl (C=O) groups is 2. The van der Waals surface area contributed by atoms with Crippen molar-refractivity contribution in [1.29, 1.82) is 0 Å². The van der Waals surface area contributed by atoms with E-state index in [9.17, 15) is 19.0 Å². The molecule has 0 aromatic heterocycles. The first-order valence-electron chi connectivity index (χ1n) is 25.2. The lowest BCUT2D eigenvalue weighted by atomic mass is 10.0. The molecule has 0 heterocycles. The zero-order chi connectivity index (χ0) is 42.5. The SMILES string of the molecule is CCCCCCCCCCCCCCCCCCCCCCC(=O)OC(COC(=O)CCCCCCCCCCCCCCCCCCCCC)COP(=O)(O)OC. The van der Waals surface area contributed by atoms with Crippen molar-refractivity contribution in [3.63, 3.8) is 0 Å². The Morgan fingerprint density at radius 3 is 0.948 bits per heavy atom. The number of unbranched alkanes of at least 4 members (excludes halogenated alkanes) is 37. The molecule has 0 rings (SSSR count). The molecule has 58 heavy (non-hydrogen) atoms. The van der Waals surface area contributed by atoms with Crippen molar-refractivity contribution in [2.45, 2.75) is 283 Å². The van der Waals surface area contributed by atoms with Gasteiger partial charge in [-0.25, -0.2) is 4.57 Å². The van der Waals surface area contributed by atoms with Crippen LogP contribution in [0.25, 0.3) is 0 Å². The van der Waals surface area contributed by atoms with Crippen LogP contribution in [0.3, 0.4) is 0 Å². The first-order valence-corrected chi connectivity index (χ1v) is 26.7. The van der Waals surface area contributed by atoms with Crippen molar-refractivity contribution < 1.29 is 37.6 Å². The first-order chi connectivity index (χ1) is 28.3. The maximum Gasteiger partial charge on any atom is 0.472 e. The van der Waals surface area contributed by atoms with E-state index in [1.54, 1.807) is 0 Å². The summed E-state index contributed by atoms with van der Waals surface area (Å²) in [6, 6.07) is 0. The van der Waals surface area contributed by atoms with Crippen molar-refractivity contribution in [3.8, 4) is 0 Å². The van der Waals surface area contributed by atoms with Gasteiger partial charge in [0.25, 0.3) is 0 Å². The summed E-state index contributed by atoms with van der Waals surface area (Å²) in [5.41, 5.74) is 0. The summed E-state index contributed by atoms with van der Waals surface area (Å²) >= 11 is 0. The van der Waals surface area contributed by atoms with Crippen molar-refractivity contribution >= 4 is 19.8 Å². The summed E-state index contributed by atoms with van der Waals surface area (Å²) in [6.07, 6.45) is 50.2. The minimum Gasteiger partial charge on any atom is -0.462 e. The van der Waals surface area contributed by atoms with E-state index >= 15 is 0 Å². The molecule has 0 aliphatic heterocycles. The van der Waals surface area contributed by atoms with Gasteiger partial charge in [0, 0.05) is 20.0 Å². The monoisotopic (exact) mass is 845 g/mol. The van der Waals surface area contributed by atoms with E-state index in [1.807, 2.05) is 0 Å². The fraction of sp³-hybridized carbons (Fsp3) is 0.959. The highest BCUT2D eigenvalue weighted by molar-refractivity contribution is 7.47. The highest BCUT2D eigenvalue weighted by atomic mass is 31.2. The molecule has 0 amide bonds. The molecule has 9 heteroatoms. The fourth-order valence-electron chi connectivity index (χ4n) is 7.72. The molecule has 1 N–H and O–H groups in total. The van der Waals surface area contributed by atoms with Gasteiger partial charge in [0.1, 0.15) is 6.61 Å². The number of hydrogen-bond donors (Lipinski definition) is 1. The number of carbonyl (C=O) groups excluding carboxylic acids is 2. The number of hydrogen-bond acceptors (Lipinski definition) is 7. The molecule has 0 aliphatic carbocycles. The Balaban J connectivity index is 3.85. The zero-order valence-electron chi connectivity index (χ0n) is 38.7. The molecule has 8 nitrogen and oxygen atoms in total. The predicted octanol–water partition coefficient (Wildman–Crippen LogP) is 16.2. The Morgan fingerprint density at radius 1 is 0.414 bits per heavy atom. The van der Waals surface area contributed by atoms with Gasteiger partial charge >= 0.3 is 19.8 Å². The topological polar surface area (TPSA) is 108 Å². The van der Waals surface area contributed by atoms with Gasteiger partial charge < -0.3 is 14.4 Å². The van der Waals surface area contributed by atoms with Crippen LogP contribution in [0.2, 0.25) is 0 Å². The van der Waals surface area contributed by atoms with Crippen LogP contribution >= 0.6 is 7.82 Å². The molecule has 0 aromatic rings. The molecule has 346 valence electrons. The largest absolute Gasteiger partial charge is 0.472 e. The summed E-state index contributed by atoms with van der Waals surface area (Å²) in [4.78, 5) is 34.6. The van der Waals surface area contributed by atoms with Crippen molar-refractivity contribution in [3.05, 3.63) is 0 Å². The number of ether oxygens (including phenoxy) is 2. The van der Waals surface area contributed by atoms with Gasteiger partial charge in [-0.05, 0) is 12.8 Å². The van der Waals surface area contributed by atoms with Crippen LogP contribution in [0.4, 0.5) is 0 Å². The second-order valence-electron chi connectivity index (χ2n) is 17.3. The van der Waals surface area contributed by atoms with E-state index in [-0.39, 0.29) is 25.6 Å². The zero-order valence-corrected chi connectivity index (χ0v) is 39.6. The average molecular weight is 845 g/mol. The lowest BCUT2D eigenvalue weighted by Crippen LogP contribution is -2.29. The lowest BCUT2D eigenvalue weighted by Gasteiger charge is -2.19. The van der Waals surface area contributed by atoms with E-state index in [4.69, 9.17) is 14.0 Å². The van der Waals surface area contributed by atoms with Crippen LogP contribution in [0.1, 0.15) is 277 Å². The summed E-state index contributed by atoms with van der Waals surface area (Å²) in [5.74, 6) is -0.780. The van der Waals surface area contributed by atoms with Gasteiger partial charge in [0.05, 0.1) is 6.61 Å². The molecule has 0 spiro atoms. The molecule has 0 radical (unpaired) electrons. The normalized spacial score (nSPS) is 13.1. The Morgan fingerprint density at radius 2 is 0.672 bits per heavy atom. The molecular formula is C49H97O8P. The van der Waals surface area contributed by atoms with Crippen molar-refractivity contribution in [2.75, 3.05) is 20.3 Å². The molecule has 0 fully saturated rings. The van der Waals surface area contributed by atoms with Crippen molar-refractivity contribution in [1.82, 2.24) is 0 Å². The van der Waals surface area contributed by atoms with E-state index in [1.165, 1.54) is 212 Å². The molecular weight excluding hydrogens is 748 g/mol.